The lowest BCUT2D eigenvalue weighted by atomic mass is 9.96. The number of piperidine rings is 1. The molecule has 7 heteroatoms. The summed E-state index contributed by atoms with van der Waals surface area (Å²) in [7, 11) is 0. The first-order valence-electron chi connectivity index (χ1n) is 12.2. The molecule has 180 valence electrons. The topological polar surface area (TPSA) is 79.0 Å². The Bertz CT molecular complexity index is 1020. The molecule has 2 saturated heterocycles. The number of nitrogens with one attached hydrogen (secondary N) is 1. The number of hydrogen-bond donors (Lipinski definition) is 1. The van der Waals surface area contributed by atoms with E-state index in [0.29, 0.717) is 30.9 Å². The molecule has 2 fully saturated rings. The van der Waals surface area contributed by atoms with Gasteiger partial charge in [0.25, 0.3) is 5.91 Å². The molecule has 0 spiro atoms. The van der Waals surface area contributed by atoms with Gasteiger partial charge in [-0.2, -0.15) is 0 Å². The van der Waals surface area contributed by atoms with Crippen LogP contribution >= 0.6 is 0 Å². The predicted molar refractivity (Wildman–Crippen MR) is 131 cm³/mol. The lowest BCUT2D eigenvalue weighted by molar-refractivity contribution is -0.135. The summed E-state index contributed by atoms with van der Waals surface area (Å²) < 4.78 is 5.65. The second-order valence-corrected chi connectivity index (χ2v) is 9.08. The largest absolute Gasteiger partial charge is 0.493 e. The first-order valence-corrected chi connectivity index (χ1v) is 12.2. The minimum atomic E-state index is -0.303. The molecule has 34 heavy (non-hydrogen) atoms. The van der Waals surface area contributed by atoms with Crippen LogP contribution in [0.4, 0.5) is 5.69 Å². The van der Waals surface area contributed by atoms with Gasteiger partial charge in [-0.15, -0.1) is 0 Å². The highest BCUT2D eigenvalue weighted by molar-refractivity contribution is 6.05. The molecule has 2 heterocycles. The Morgan fingerprint density at radius 3 is 2.44 bits per heavy atom. The Labute approximate surface area is 201 Å². The zero-order valence-electron chi connectivity index (χ0n) is 19.8. The van der Waals surface area contributed by atoms with Crippen molar-refractivity contribution < 1.29 is 19.1 Å². The summed E-state index contributed by atoms with van der Waals surface area (Å²) >= 11 is 0. The third-order valence-corrected chi connectivity index (χ3v) is 6.61. The number of nitrogens with zero attached hydrogens (tertiary/aromatic N) is 2. The van der Waals surface area contributed by atoms with Crippen LogP contribution in [0.2, 0.25) is 0 Å². The fourth-order valence-corrected chi connectivity index (χ4v) is 4.72. The number of carbonyl (C=O) groups is 3. The van der Waals surface area contributed by atoms with Crippen molar-refractivity contribution >= 4 is 23.4 Å². The molecule has 3 amide bonds. The third kappa shape index (κ3) is 5.76. The van der Waals surface area contributed by atoms with Crippen LogP contribution in [0.15, 0.2) is 48.5 Å². The van der Waals surface area contributed by atoms with E-state index in [4.69, 9.17) is 4.74 Å². The Morgan fingerprint density at radius 1 is 0.941 bits per heavy atom. The van der Waals surface area contributed by atoms with Crippen molar-refractivity contribution in [2.45, 2.75) is 39.0 Å². The van der Waals surface area contributed by atoms with Crippen molar-refractivity contribution in [2.75, 3.05) is 38.1 Å². The number of aryl methyl sites for hydroxylation is 1. The summed E-state index contributed by atoms with van der Waals surface area (Å²) in [5.41, 5.74) is 1.98. The summed E-state index contributed by atoms with van der Waals surface area (Å²) in [6.07, 6.45) is 3.80. The predicted octanol–water partition coefficient (Wildman–Crippen LogP) is 3.88. The molecule has 0 saturated carbocycles. The molecule has 0 bridgehead atoms. The van der Waals surface area contributed by atoms with Gasteiger partial charge in [0, 0.05) is 26.2 Å². The van der Waals surface area contributed by atoms with Crippen LogP contribution in [0.3, 0.4) is 0 Å². The summed E-state index contributed by atoms with van der Waals surface area (Å²) in [5.74, 6) is 0.268. The minimum absolute atomic E-state index is 0.00566. The summed E-state index contributed by atoms with van der Waals surface area (Å²) in [6, 6.07) is 15.0. The lowest BCUT2D eigenvalue weighted by Crippen LogP contribution is -2.44. The zero-order chi connectivity index (χ0) is 23.9. The molecule has 2 aliphatic heterocycles. The maximum Gasteiger partial charge on any atom is 0.256 e. The Hall–Kier alpha value is -3.35. The van der Waals surface area contributed by atoms with E-state index in [9.17, 15) is 14.4 Å². The van der Waals surface area contributed by atoms with E-state index in [0.717, 1.165) is 50.1 Å². The highest BCUT2D eigenvalue weighted by Crippen LogP contribution is 2.26. The average Bonchev–Trinajstić information content (AvgIpc) is 3.40. The second kappa shape index (κ2) is 11.2. The van der Waals surface area contributed by atoms with Crippen LogP contribution in [-0.2, 0) is 9.59 Å². The van der Waals surface area contributed by atoms with Gasteiger partial charge in [0.1, 0.15) is 5.75 Å². The molecule has 2 aromatic rings. The van der Waals surface area contributed by atoms with Gasteiger partial charge in [0.15, 0.2) is 0 Å². The highest BCUT2D eigenvalue weighted by Gasteiger charge is 2.30. The van der Waals surface area contributed by atoms with E-state index in [1.807, 2.05) is 54.3 Å². The molecule has 2 aromatic carbocycles. The molecule has 0 radical (unpaired) electrons. The van der Waals surface area contributed by atoms with Crippen LogP contribution in [0.25, 0.3) is 0 Å². The number of ether oxygens (including phenoxy) is 1. The lowest BCUT2D eigenvalue weighted by Gasteiger charge is -2.32. The second-order valence-electron chi connectivity index (χ2n) is 9.08. The number of benzene rings is 2. The molecule has 1 N–H and O–H groups in total. The molecular weight excluding hydrogens is 430 g/mol. The minimum Gasteiger partial charge on any atom is -0.493 e. The van der Waals surface area contributed by atoms with Crippen molar-refractivity contribution in [1.82, 2.24) is 9.80 Å². The molecule has 1 unspecified atom stereocenters. The fourth-order valence-electron chi connectivity index (χ4n) is 4.72. The van der Waals surface area contributed by atoms with Gasteiger partial charge in [-0.25, -0.2) is 0 Å². The Morgan fingerprint density at radius 2 is 1.68 bits per heavy atom. The first-order chi connectivity index (χ1) is 16.5. The van der Waals surface area contributed by atoms with Crippen LogP contribution in [-0.4, -0.2) is 60.3 Å². The number of amides is 3. The van der Waals surface area contributed by atoms with Crippen molar-refractivity contribution in [3.05, 3.63) is 59.7 Å². The number of likely N-dealkylation sites (tertiary alicyclic amines) is 2. The maximum atomic E-state index is 13.1. The van der Waals surface area contributed by atoms with Crippen molar-refractivity contribution in [1.29, 1.82) is 0 Å². The number of anilines is 1. The fraction of sp³-hybridized carbons (Fsp3) is 0.444. The van der Waals surface area contributed by atoms with E-state index in [1.54, 1.807) is 11.0 Å². The van der Waals surface area contributed by atoms with Gasteiger partial charge in [0.2, 0.25) is 11.8 Å². The molecule has 7 nitrogen and oxygen atoms in total. The number of carbonyl (C=O) groups excluding carboxylic acids is 3. The molecule has 0 aromatic heterocycles. The van der Waals surface area contributed by atoms with Gasteiger partial charge >= 0.3 is 0 Å². The van der Waals surface area contributed by atoms with Gasteiger partial charge in [-0.3, -0.25) is 14.4 Å². The van der Waals surface area contributed by atoms with Crippen molar-refractivity contribution in [3.8, 4) is 5.75 Å². The van der Waals surface area contributed by atoms with Crippen LogP contribution < -0.4 is 10.1 Å². The van der Waals surface area contributed by atoms with Crippen molar-refractivity contribution in [3.63, 3.8) is 0 Å². The Balaban J connectivity index is 1.35. The van der Waals surface area contributed by atoms with Crippen LogP contribution in [0.5, 0.6) is 5.75 Å². The van der Waals surface area contributed by atoms with E-state index >= 15 is 0 Å². The average molecular weight is 464 g/mol. The van der Waals surface area contributed by atoms with Gasteiger partial charge in [0.05, 0.1) is 30.2 Å². The monoisotopic (exact) mass is 463 g/mol. The van der Waals surface area contributed by atoms with Gasteiger partial charge < -0.3 is 19.9 Å². The highest BCUT2D eigenvalue weighted by atomic mass is 16.5. The van der Waals surface area contributed by atoms with Crippen LogP contribution in [0, 0.1) is 12.8 Å². The summed E-state index contributed by atoms with van der Waals surface area (Å²) in [5, 5.41) is 3.00. The SMILES string of the molecule is Cc1cccc(NC(=O)C2CCCN(C(=O)CCOc3ccccc3)C2)c1C(=O)N1CCCC1. The third-order valence-electron chi connectivity index (χ3n) is 6.61. The molecule has 4 rings (SSSR count). The normalized spacial score (nSPS) is 18.0. The van der Waals surface area contributed by atoms with E-state index in [2.05, 4.69) is 5.32 Å². The number of para-hydroxylation sites is 1. The van der Waals surface area contributed by atoms with Crippen molar-refractivity contribution in [2.24, 2.45) is 5.92 Å². The van der Waals surface area contributed by atoms with Crippen LogP contribution in [0.1, 0.15) is 48.0 Å². The molecule has 2 aliphatic rings. The van der Waals surface area contributed by atoms with E-state index in [-0.39, 0.29) is 30.1 Å². The molecule has 0 aliphatic carbocycles. The number of rotatable bonds is 7. The standard InChI is InChI=1S/C27H33N3O4/c1-20-9-7-13-23(25(20)27(33)29-15-5-6-16-29)28-26(32)21-10-8-17-30(19-21)24(31)14-18-34-22-11-3-2-4-12-22/h2-4,7,9,11-13,21H,5-6,8,10,14-19H2,1H3,(H,28,32). The van der Waals surface area contributed by atoms with E-state index in [1.165, 1.54) is 0 Å². The summed E-state index contributed by atoms with van der Waals surface area (Å²) in [4.78, 5) is 42.6. The number of hydrogen-bond acceptors (Lipinski definition) is 4. The quantitative estimate of drug-likeness (QED) is 0.676. The van der Waals surface area contributed by atoms with Gasteiger partial charge in [-0.05, 0) is 56.4 Å². The molecular formula is C27H33N3O4. The smallest absolute Gasteiger partial charge is 0.256 e. The Kier molecular flexibility index (Phi) is 7.83. The zero-order valence-corrected chi connectivity index (χ0v) is 19.8. The summed E-state index contributed by atoms with van der Waals surface area (Å²) in [6.45, 7) is 4.76. The van der Waals surface area contributed by atoms with E-state index < -0.39 is 0 Å². The van der Waals surface area contributed by atoms with Gasteiger partial charge in [-0.1, -0.05) is 30.3 Å². The first kappa shape index (κ1) is 23.8. The maximum absolute atomic E-state index is 13.1. The molecule has 1 atom stereocenters.